The highest BCUT2D eigenvalue weighted by molar-refractivity contribution is 5.71. The number of hydrogen-bond donors (Lipinski definition) is 0. The minimum absolute atomic E-state index is 0.288. The Kier molecular flexibility index (Phi) is 4.00. The van der Waals surface area contributed by atoms with Gasteiger partial charge in [0.2, 0.25) is 0 Å². The standard InChI is InChI=1S/C22H27FN2/c23-17-8-10-25(11-9-17)14-16-5-3-7-19-20(16)12-21-18-6-2-1-4-15(18)13-24-22(19)21/h3,5,7,13,15,17,22H,1-2,4,6,8-12,14H2. The van der Waals surface area contributed by atoms with E-state index in [0.29, 0.717) is 18.8 Å². The number of fused-ring (bicyclic) bond motifs is 4. The normalized spacial score (nSPS) is 29.5. The lowest BCUT2D eigenvalue weighted by Crippen LogP contribution is -2.34. The number of alkyl halides is 1. The molecule has 3 heteroatoms. The quantitative estimate of drug-likeness (QED) is 0.708. The molecule has 2 nitrogen and oxygen atoms in total. The minimum Gasteiger partial charge on any atom is -0.299 e. The van der Waals surface area contributed by atoms with Crippen molar-refractivity contribution in [2.24, 2.45) is 10.9 Å². The molecule has 0 aromatic heterocycles. The topological polar surface area (TPSA) is 15.6 Å². The number of nitrogens with zero attached hydrogens (tertiary/aromatic N) is 2. The summed E-state index contributed by atoms with van der Waals surface area (Å²) in [6.07, 6.45) is 9.39. The first kappa shape index (κ1) is 15.7. The second-order valence-corrected chi connectivity index (χ2v) is 8.22. The van der Waals surface area contributed by atoms with E-state index >= 15 is 0 Å². The predicted molar refractivity (Wildman–Crippen MR) is 99.8 cm³/mol. The van der Waals surface area contributed by atoms with Gasteiger partial charge in [-0.25, -0.2) is 4.39 Å². The van der Waals surface area contributed by atoms with Crippen LogP contribution >= 0.6 is 0 Å². The Bertz CT molecular complexity index is 728. The largest absolute Gasteiger partial charge is 0.299 e. The van der Waals surface area contributed by atoms with E-state index in [0.717, 1.165) is 26.1 Å². The Morgan fingerprint density at radius 1 is 1.08 bits per heavy atom. The van der Waals surface area contributed by atoms with Gasteiger partial charge in [0, 0.05) is 31.8 Å². The predicted octanol–water partition coefficient (Wildman–Crippen LogP) is 4.79. The van der Waals surface area contributed by atoms with Crippen molar-refractivity contribution in [1.82, 2.24) is 4.90 Å². The van der Waals surface area contributed by atoms with Gasteiger partial charge in [-0.3, -0.25) is 9.89 Å². The summed E-state index contributed by atoms with van der Waals surface area (Å²) in [6, 6.07) is 7.05. The maximum atomic E-state index is 13.4. The van der Waals surface area contributed by atoms with Crippen LogP contribution in [0.5, 0.6) is 0 Å². The van der Waals surface area contributed by atoms with Crippen LogP contribution in [0, 0.1) is 5.92 Å². The van der Waals surface area contributed by atoms with Crippen LogP contribution in [0.25, 0.3) is 0 Å². The molecule has 4 aliphatic rings. The Hall–Kier alpha value is -1.48. The highest BCUT2D eigenvalue weighted by atomic mass is 19.1. The smallest absolute Gasteiger partial charge is 0.103 e. The van der Waals surface area contributed by atoms with Crippen LogP contribution in [0.3, 0.4) is 0 Å². The van der Waals surface area contributed by atoms with Gasteiger partial charge in [0.15, 0.2) is 0 Å². The molecule has 2 unspecified atom stereocenters. The van der Waals surface area contributed by atoms with Crippen molar-refractivity contribution < 1.29 is 4.39 Å². The van der Waals surface area contributed by atoms with E-state index in [4.69, 9.17) is 4.99 Å². The van der Waals surface area contributed by atoms with Gasteiger partial charge in [-0.1, -0.05) is 30.2 Å². The Morgan fingerprint density at radius 2 is 1.96 bits per heavy atom. The number of allylic oxidation sites excluding steroid dienone is 1. The summed E-state index contributed by atoms with van der Waals surface area (Å²) in [7, 11) is 0. The fraction of sp³-hybridized carbons (Fsp3) is 0.591. The molecule has 2 aliphatic heterocycles. The van der Waals surface area contributed by atoms with E-state index < -0.39 is 6.17 Å². The van der Waals surface area contributed by atoms with E-state index in [1.54, 1.807) is 11.1 Å². The van der Waals surface area contributed by atoms with Crippen LogP contribution in [0.2, 0.25) is 0 Å². The van der Waals surface area contributed by atoms with Crippen LogP contribution in [-0.4, -0.2) is 30.4 Å². The molecule has 25 heavy (non-hydrogen) atoms. The third-order valence-corrected chi connectivity index (χ3v) is 6.70. The number of rotatable bonds is 2. The second-order valence-electron chi connectivity index (χ2n) is 8.22. The fourth-order valence-electron chi connectivity index (χ4n) is 5.30. The molecule has 0 spiro atoms. The van der Waals surface area contributed by atoms with E-state index in [9.17, 15) is 4.39 Å². The molecule has 2 atom stereocenters. The lowest BCUT2D eigenvalue weighted by molar-refractivity contribution is 0.145. The molecular formula is C22H27FN2. The van der Waals surface area contributed by atoms with Gasteiger partial charge in [0.1, 0.15) is 6.17 Å². The van der Waals surface area contributed by atoms with Crippen LogP contribution in [0.4, 0.5) is 4.39 Å². The van der Waals surface area contributed by atoms with Gasteiger partial charge < -0.3 is 0 Å². The summed E-state index contributed by atoms with van der Waals surface area (Å²) in [4.78, 5) is 7.40. The average molecular weight is 338 g/mol. The Labute approximate surface area is 149 Å². The first-order chi connectivity index (χ1) is 12.3. The van der Waals surface area contributed by atoms with E-state index in [1.807, 2.05) is 0 Å². The van der Waals surface area contributed by atoms with Crippen molar-refractivity contribution in [3.05, 3.63) is 46.0 Å². The number of halogens is 1. The molecule has 2 fully saturated rings. The molecule has 1 saturated heterocycles. The number of dihydropyridines is 1. The van der Waals surface area contributed by atoms with Crippen molar-refractivity contribution in [1.29, 1.82) is 0 Å². The van der Waals surface area contributed by atoms with E-state index in [-0.39, 0.29) is 6.04 Å². The number of aliphatic imine (C=N–C) groups is 1. The number of piperidine rings is 1. The lowest BCUT2D eigenvalue weighted by atomic mass is 9.79. The summed E-state index contributed by atoms with van der Waals surface area (Å²) in [5.41, 5.74) is 7.70. The molecular weight excluding hydrogens is 311 g/mol. The summed E-state index contributed by atoms with van der Waals surface area (Å²) in [6.45, 7) is 2.75. The molecule has 0 amide bonds. The first-order valence-electron chi connectivity index (χ1n) is 10.0. The molecule has 132 valence electrons. The highest BCUT2D eigenvalue weighted by Crippen LogP contribution is 2.47. The van der Waals surface area contributed by atoms with E-state index in [1.165, 1.54) is 42.4 Å². The van der Waals surface area contributed by atoms with Crippen molar-refractivity contribution in [2.75, 3.05) is 13.1 Å². The van der Waals surface area contributed by atoms with Gasteiger partial charge >= 0.3 is 0 Å². The zero-order valence-corrected chi connectivity index (χ0v) is 14.9. The van der Waals surface area contributed by atoms with Crippen LogP contribution in [0.15, 0.2) is 34.3 Å². The third-order valence-electron chi connectivity index (χ3n) is 6.70. The number of hydrogen-bond acceptors (Lipinski definition) is 2. The second kappa shape index (κ2) is 6.35. The van der Waals surface area contributed by atoms with Gasteiger partial charge in [-0.15, -0.1) is 0 Å². The van der Waals surface area contributed by atoms with Crippen molar-refractivity contribution in [3.63, 3.8) is 0 Å². The van der Waals surface area contributed by atoms with Crippen LogP contribution in [-0.2, 0) is 13.0 Å². The zero-order valence-electron chi connectivity index (χ0n) is 14.9. The average Bonchev–Trinajstić information content (AvgIpc) is 3.04. The number of benzene rings is 1. The van der Waals surface area contributed by atoms with Crippen LogP contribution < -0.4 is 0 Å². The van der Waals surface area contributed by atoms with Gasteiger partial charge in [-0.2, -0.15) is 0 Å². The molecule has 2 aliphatic carbocycles. The molecule has 1 aromatic rings. The summed E-state index contributed by atoms with van der Waals surface area (Å²) in [5.74, 6) is 0.612. The van der Waals surface area contributed by atoms with Crippen molar-refractivity contribution >= 4 is 6.21 Å². The number of likely N-dealkylation sites (tertiary alicyclic amines) is 1. The zero-order chi connectivity index (χ0) is 16.8. The van der Waals surface area contributed by atoms with Crippen molar-refractivity contribution in [2.45, 2.75) is 63.7 Å². The summed E-state index contributed by atoms with van der Waals surface area (Å²) in [5, 5.41) is 0. The van der Waals surface area contributed by atoms with Gasteiger partial charge in [0.05, 0.1) is 6.04 Å². The van der Waals surface area contributed by atoms with Gasteiger partial charge in [-0.05, 0) is 60.8 Å². The third kappa shape index (κ3) is 2.77. The molecule has 1 aromatic carbocycles. The maximum absolute atomic E-state index is 13.4. The maximum Gasteiger partial charge on any atom is 0.103 e. The molecule has 0 bridgehead atoms. The van der Waals surface area contributed by atoms with E-state index in [2.05, 4.69) is 29.3 Å². The Morgan fingerprint density at radius 3 is 2.84 bits per heavy atom. The molecule has 1 saturated carbocycles. The summed E-state index contributed by atoms with van der Waals surface area (Å²) >= 11 is 0. The first-order valence-corrected chi connectivity index (χ1v) is 10.0. The lowest BCUT2D eigenvalue weighted by Gasteiger charge is -2.29. The van der Waals surface area contributed by atoms with Crippen molar-refractivity contribution in [3.8, 4) is 0 Å². The Balaban J connectivity index is 1.44. The molecule has 5 rings (SSSR count). The molecule has 2 heterocycles. The minimum atomic E-state index is -0.592. The van der Waals surface area contributed by atoms with Gasteiger partial charge in [0.25, 0.3) is 0 Å². The van der Waals surface area contributed by atoms with Crippen LogP contribution in [0.1, 0.15) is 61.3 Å². The highest BCUT2D eigenvalue weighted by Gasteiger charge is 2.36. The fourth-order valence-corrected chi connectivity index (χ4v) is 5.30. The molecule has 0 N–H and O–H groups in total. The monoisotopic (exact) mass is 338 g/mol. The SMILES string of the molecule is FC1CCN(Cc2cccc3c2CC2=C4CCCCC4C=NC23)CC1. The summed E-state index contributed by atoms with van der Waals surface area (Å²) < 4.78 is 13.4. The molecule has 0 radical (unpaired) electrons.